The van der Waals surface area contributed by atoms with Gasteiger partial charge in [-0.3, -0.25) is 0 Å². The van der Waals surface area contributed by atoms with E-state index >= 15 is 0 Å². The van der Waals surface area contributed by atoms with E-state index in [2.05, 4.69) is 10.2 Å². The Morgan fingerprint density at radius 1 is 0.750 bits per heavy atom. The lowest BCUT2D eigenvalue weighted by Gasteiger charge is -2.02. The van der Waals surface area contributed by atoms with Crippen LogP contribution in [0.4, 0.5) is 0 Å². The molecule has 3 heteroatoms. The first-order chi connectivity index (χ1) is 9.70. The maximum Gasteiger partial charge on any atom is 0.118 e. The molecule has 2 rings (SSSR count). The van der Waals surface area contributed by atoms with Crippen molar-refractivity contribution in [2.45, 2.75) is 13.8 Å². The topological polar surface area (TPSA) is 34.0 Å². The molecule has 0 heterocycles. The Labute approximate surface area is 119 Å². The van der Waals surface area contributed by atoms with Crippen LogP contribution in [0.25, 0.3) is 0 Å². The van der Waals surface area contributed by atoms with Crippen LogP contribution in [0.3, 0.4) is 0 Å². The Kier molecular flexibility index (Phi) is 4.66. The molecule has 0 aromatic heterocycles. The van der Waals surface area contributed by atoms with Crippen molar-refractivity contribution in [2.24, 2.45) is 10.2 Å². The molecule has 0 aliphatic rings. The molecule has 0 spiro atoms. The van der Waals surface area contributed by atoms with E-state index < -0.39 is 0 Å². The van der Waals surface area contributed by atoms with Gasteiger partial charge in [0.2, 0.25) is 0 Å². The summed E-state index contributed by atoms with van der Waals surface area (Å²) in [6.07, 6.45) is 0. The molecule has 0 radical (unpaired) electrons. The quantitative estimate of drug-likeness (QED) is 0.610. The van der Waals surface area contributed by atoms with E-state index in [0.29, 0.717) is 0 Å². The van der Waals surface area contributed by atoms with Gasteiger partial charge >= 0.3 is 0 Å². The van der Waals surface area contributed by atoms with Crippen LogP contribution in [0.1, 0.15) is 25.0 Å². The lowest BCUT2D eigenvalue weighted by molar-refractivity contribution is 0.415. The van der Waals surface area contributed by atoms with Crippen molar-refractivity contribution in [1.82, 2.24) is 0 Å². The van der Waals surface area contributed by atoms with Crippen molar-refractivity contribution in [3.8, 4) is 5.75 Å². The first kappa shape index (κ1) is 14.0. The second kappa shape index (κ2) is 6.66. The molecule has 20 heavy (non-hydrogen) atoms. The summed E-state index contributed by atoms with van der Waals surface area (Å²) >= 11 is 0. The van der Waals surface area contributed by atoms with Gasteiger partial charge in [0.15, 0.2) is 0 Å². The first-order valence-corrected chi connectivity index (χ1v) is 6.49. The summed E-state index contributed by atoms with van der Waals surface area (Å²) in [5, 5.41) is 8.58. The number of benzene rings is 2. The van der Waals surface area contributed by atoms with Gasteiger partial charge in [0.25, 0.3) is 0 Å². The maximum atomic E-state index is 5.14. The number of nitrogens with zero attached hydrogens (tertiary/aromatic N) is 2. The third kappa shape index (κ3) is 3.54. The van der Waals surface area contributed by atoms with Gasteiger partial charge < -0.3 is 4.74 Å². The number of rotatable bonds is 4. The van der Waals surface area contributed by atoms with Crippen LogP contribution in [0.5, 0.6) is 5.75 Å². The van der Waals surface area contributed by atoms with Gasteiger partial charge in [-0.1, -0.05) is 30.3 Å². The Balaban J connectivity index is 2.17. The normalized spacial score (nSPS) is 12.3. The fraction of sp³-hybridized carbons (Fsp3) is 0.176. The van der Waals surface area contributed by atoms with Gasteiger partial charge in [-0.2, -0.15) is 10.2 Å². The summed E-state index contributed by atoms with van der Waals surface area (Å²) < 4.78 is 5.14. The van der Waals surface area contributed by atoms with Crippen LogP contribution in [0.15, 0.2) is 64.8 Å². The second-order valence-corrected chi connectivity index (χ2v) is 4.47. The predicted molar refractivity (Wildman–Crippen MR) is 83.9 cm³/mol. The molecule has 0 amide bonds. The maximum absolute atomic E-state index is 5.14. The van der Waals surface area contributed by atoms with Crippen LogP contribution in [0.2, 0.25) is 0 Å². The highest BCUT2D eigenvalue weighted by molar-refractivity contribution is 6.01. The van der Waals surface area contributed by atoms with Gasteiger partial charge in [-0.15, -0.1) is 0 Å². The van der Waals surface area contributed by atoms with E-state index in [0.717, 1.165) is 28.3 Å². The standard InChI is InChI=1S/C17H18N2O/c1-13(15-7-5-4-6-8-15)18-19-14(2)16-9-11-17(20-3)12-10-16/h4-12H,1-3H3/b18-13+,19-14+. The minimum atomic E-state index is 0.838. The van der Waals surface area contributed by atoms with Crippen molar-refractivity contribution < 1.29 is 4.74 Å². The molecule has 2 aromatic carbocycles. The molecule has 0 fully saturated rings. The van der Waals surface area contributed by atoms with Crippen molar-refractivity contribution in [1.29, 1.82) is 0 Å². The molecule has 0 saturated carbocycles. The van der Waals surface area contributed by atoms with Gasteiger partial charge in [0.1, 0.15) is 5.75 Å². The number of ether oxygens (including phenoxy) is 1. The van der Waals surface area contributed by atoms with Crippen molar-refractivity contribution in [3.63, 3.8) is 0 Å². The minimum absolute atomic E-state index is 0.838. The summed E-state index contributed by atoms with van der Waals surface area (Å²) in [7, 11) is 1.66. The highest BCUT2D eigenvalue weighted by Crippen LogP contribution is 2.12. The third-order valence-electron chi connectivity index (χ3n) is 3.05. The van der Waals surface area contributed by atoms with Crippen molar-refractivity contribution >= 4 is 11.4 Å². The molecule has 3 nitrogen and oxygen atoms in total. The largest absolute Gasteiger partial charge is 0.497 e. The van der Waals surface area contributed by atoms with E-state index in [1.54, 1.807) is 7.11 Å². The summed E-state index contributed by atoms with van der Waals surface area (Å²) in [6, 6.07) is 17.8. The van der Waals surface area contributed by atoms with Gasteiger partial charge in [0.05, 0.1) is 18.5 Å². The lowest BCUT2D eigenvalue weighted by Crippen LogP contribution is -1.97. The molecule has 0 N–H and O–H groups in total. The van der Waals surface area contributed by atoms with E-state index in [1.807, 2.05) is 68.4 Å². The number of methoxy groups -OCH3 is 1. The first-order valence-electron chi connectivity index (χ1n) is 6.49. The Hall–Kier alpha value is -2.42. The molecule has 0 saturated heterocycles. The van der Waals surface area contributed by atoms with Gasteiger partial charge in [0, 0.05) is 0 Å². The number of hydrogen-bond donors (Lipinski definition) is 0. The molecule has 0 aliphatic carbocycles. The molecular formula is C17H18N2O. The molecule has 102 valence electrons. The fourth-order valence-corrected chi connectivity index (χ4v) is 1.78. The van der Waals surface area contributed by atoms with Crippen LogP contribution in [0, 0.1) is 0 Å². The van der Waals surface area contributed by atoms with Crippen LogP contribution in [-0.2, 0) is 0 Å². The summed E-state index contributed by atoms with van der Waals surface area (Å²) in [5.41, 5.74) is 3.90. The molecular weight excluding hydrogens is 248 g/mol. The van der Waals surface area contributed by atoms with Crippen molar-refractivity contribution in [2.75, 3.05) is 7.11 Å². The smallest absolute Gasteiger partial charge is 0.118 e. The summed E-state index contributed by atoms with van der Waals surface area (Å²) in [4.78, 5) is 0. The predicted octanol–water partition coefficient (Wildman–Crippen LogP) is 3.93. The van der Waals surface area contributed by atoms with Gasteiger partial charge in [-0.25, -0.2) is 0 Å². The van der Waals surface area contributed by atoms with E-state index in [-0.39, 0.29) is 0 Å². The molecule has 2 aromatic rings. The minimum Gasteiger partial charge on any atom is -0.497 e. The molecule has 0 unspecified atom stereocenters. The zero-order valence-electron chi connectivity index (χ0n) is 12.0. The zero-order valence-corrected chi connectivity index (χ0v) is 12.0. The van der Waals surface area contributed by atoms with E-state index in [4.69, 9.17) is 4.74 Å². The Bertz CT molecular complexity index is 613. The van der Waals surface area contributed by atoms with Crippen LogP contribution in [-0.4, -0.2) is 18.5 Å². The summed E-state index contributed by atoms with van der Waals surface area (Å²) in [5.74, 6) is 0.838. The van der Waals surface area contributed by atoms with Crippen LogP contribution >= 0.6 is 0 Å². The lowest BCUT2D eigenvalue weighted by atomic mass is 10.1. The molecule has 0 bridgehead atoms. The summed E-state index contributed by atoms with van der Waals surface area (Å²) in [6.45, 7) is 3.91. The average molecular weight is 266 g/mol. The fourth-order valence-electron chi connectivity index (χ4n) is 1.78. The highest BCUT2D eigenvalue weighted by Gasteiger charge is 1.99. The van der Waals surface area contributed by atoms with Crippen molar-refractivity contribution in [3.05, 3.63) is 65.7 Å². The van der Waals surface area contributed by atoms with Gasteiger partial charge in [-0.05, 0) is 49.2 Å². The Morgan fingerprint density at radius 3 is 1.75 bits per heavy atom. The highest BCUT2D eigenvalue weighted by atomic mass is 16.5. The zero-order chi connectivity index (χ0) is 14.4. The van der Waals surface area contributed by atoms with E-state index in [9.17, 15) is 0 Å². The van der Waals surface area contributed by atoms with E-state index in [1.165, 1.54) is 0 Å². The Morgan fingerprint density at radius 2 is 1.25 bits per heavy atom. The SMILES string of the molecule is COc1ccc(/C(C)=N/N=C(\C)c2ccccc2)cc1. The molecule has 0 aliphatic heterocycles. The molecule has 0 atom stereocenters. The monoisotopic (exact) mass is 266 g/mol. The third-order valence-corrected chi connectivity index (χ3v) is 3.05. The van der Waals surface area contributed by atoms with Crippen LogP contribution < -0.4 is 4.74 Å². The average Bonchev–Trinajstić information content (AvgIpc) is 2.53. The second-order valence-electron chi connectivity index (χ2n) is 4.47. The number of hydrogen-bond acceptors (Lipinski definition) is 3.